The number of halogens is 3. The molecule has 190 valence electrons. The van der Waals surface area contributed by atoms with Gasteiger partial charge >= 0.3 is 6.18 Å². The SMILES string of the molecule is CC(=O)N1C[C@H](c2nc(Nc3ccc4cnc(C(F)(F)F)cc4c3)cc(-c3cccnc3)n2)CC[C@@H]1C. The first-order valence-electron chi connectivity index (χ1n) is 12.0. The zero-order valence-electron chi connectivity index (χ0n) is 20.3. The molecule has 4 heterocycles. The molecule has 10 heteroatoms. The van der Waals surface area contributed by atoms with Crippen molar-refractivity contribution in [1.29, 1.82) is 0 Å². The van der Waals surface area contributed by atoms with Crippen LogP contribution in [0.4, 0.5) is 24.7 Å². The van der Waals surface area contributed by atoms with Crippen molar-refractivity contribution in [1.82, 2.24) is 24.8 Å². The summed E-state index contributed by atoms with van der Waals surface area (Å²) < 4.78 is 39.5. The van der Waals surface area contributed by atoms with Crippen molar-refractivity contribution < 1.29 is 18.0 Å². The van der Waals surface area contributed by atoms with Gasteiger partial charge in [-0.3, -0.25) is 14.8 Å². The molecule has 1 aromatic carbocycles. The van der Waals surface area contributed by atoms with Gasteiger partial charge in [0.15, 0.2) is 0 Å². The van der Waals surface area contributed by atoms with Crippen molar-refractivity contribution in [3.05, 3.63) is 72.6 Å². The predicted molar refractivity (Wildman–Crippen MR) is 134 cm³/mol. The Morgan fingerprint density at radius 1 is 1.05 bits per heavy atom. The minimum absolute atomic E-state index is 0.0165. The van der Waals surface area contributed by atoms with Gasteiger partial charge in [-0.25, -0.2) is 9.97 Å². The molecule has 0 aliphatic carbocycles. The number of likely N-dealkylation sites (tertiary alicyclic amines) is 1. The maximum Gasteiger partial charge on any atom is 0.433 e. The third-order valence-electron chi connectivity index (χ3n) is 6.64. The molecule has 2 atom stereocenters. The minimum atomic E-state index is -4.52. The zero-order valence-corrected chi connectivity index (χ0v) is 20.3. The molecule has 0 spiro atoms. The number of nitrogens with zero attached hydrogens (tertiary/aromatic N) is 5. The number of benzene rings is 1. The van der Waals surface area contributed by atoms with E-state index in [0.717, 1.165) is 24.5 Å². The number of amides is 1. The summed E-state index contributed by atoms with van der Waals surface area (Å²) in [7, 11) is 0. The third-order valence-corrected chi connectivity index (χ3v) is 6.64. The number of hydrogen-bond donors (Lipinski definition) is 1. The van der Waals surface area contributed by atoms with Gasteiger partial charge in [0.1, 0.15) is 17.3 Å². The van der Waals surface area contributed by atoms with Gasteiger partial charge in [-0.05, 0) is 55.5 Å². The number of alkyl halides is 3. The van der Waals surface area contributed by atoms with E-state index < -0.39 is 11.9 Å². The lowest BCUT2D eigenvalue weighted by Crippen LogP contribution is -2.44. The van der Waals surface area contributed by atoms with E-state index in [4.69, 9.17) is 9.97 Å². The summed E-state index contributed by atoms with van der Waals surface area (Å²) >= 11 is 0. The monoisotopic (exact) mass is 506 g/mol. The van der Waals surface area contributed by atoms with E-state index in [1.54, 1.807) is 43.6 Å². The highest BCUT2D eigenvalue weighted by atomic mass is 19.4. The first kappa shape index (κ1) is 24.6. The molecule has 4 aromatic rings. The Morgan fingerprint density at radius 3 is 2.62 bits per heavy atom. The molecule has 1 amide bonds. The molecule has 1 aliphatic rings. The Hall–Kier alpha value is -4.08. The maximum absolute atomic E-state index is 13.2. The molecule has 0 saturated carbocycles. The van der Waals surface area contributed by atoms with Crippen molar-refractivity contribution >= 4 is 28.2 Å². The molecular formula is C27H25F3N6O. The molecule has 1 aliphatic heterocycles. The largest absolute Gasteiger partial charge is 0.433 e. The van der Waals surface area contributed by atoms with Crippen LogP contribution in [-0.2, 0) is 11.0 Å². The molecular weight excluding hydrogens is 481 g/mol. The summed E-state index contributed by atoms with van der Waals surface area (Å²) in [6.07, 6.45) is 1.76. The molecule has 37 heavy (non-hydrogen) atoms. The summed E-state index contributed by atoms with van der Waals surface area (Å²) in [4.78, 5) is 31.3. The van der Waals surface area contributed by atoms with Crippen molar-refractivity contribution in [3.63, 3.8) is 0 Å². The Bertz CT molecular complexity index is 1440. The highest BCUT2D eigenvalue weighted by molar-refractivity contribution is 5.86. The molecule has 0 radical (unpaired) electrons. The highest BCUT2D eigenvalue weighted by Gasteiger charge is 2.32. The summed E-state index contributed by atoms with van der Waals surface area (Å²) in [5.74, 6) is 1.07. The van der Waals surface area contributed by atoms with Gasteiger partial charge in [0.2, 0.25) is 5.91 Å². The molecule has 7 nitrogen and oxygen atoms in total. The molecule has 1 N–H and O–H groups in total. The van der Waals surface area contributed by atoms with Crippen LogP contribution in [0.1, 0.15) is 44.1 Å². The standard InChI is InChI=1S/C27H25F3N6O/c1-16-5-6-20(15-36(16)17(2)37)26-34-23(19-4-3-9-31-13-19)12-25(35-26)33-22-8-7-18-14-32-24(27(28,29)30)11-21(18)10-22/h3-4,7-14,16,20H,5-6,15H2,1-2H3,(H,33,34,35)/t16-,20+/m0/s1. The lowest BCUT2D eigenvalue weighted by Gasteiger charge is -2.37. The summed E-state index contributed by atoms with van der Waals surface area (Å²) in [6, 6.07) is 11.8. The Morgan fingerprint density at radius 2 is 1.89 bits per heavy atom. The second kappa shape index (κ2) is 9.76. The van der Waals surface area contributed by atoms with Crippen LogP contribution in [-0.4, -0.2) is 43.3 Å². The van der Waals surface area contributed by atoms with E-state index in [9.17, 15) is 18.0 Å². The number of pyridine rings is 2. The lowest BCUT2D eigenvalue weighted by molar-refractivity contribution is -0.141. The molecule has 0 bridgehead atoms. The number of rotatable bonds is 4. The average Bonchev–Trinajstić information content (AvgIpc) is 2.88. The minimum Gasteiger partial charge on any atom is -0.340 e. The summed E-state index contributed by atoms with van der Waals surface area (Å²) in [6.45, 7) is 4.13. The van der Waals surface area contributed by atoms with E-state index in [1.807, 2.05) is 24.0 Å². The molecule has 3 aromatic heterocycles. The lowest BCUT2D eigenvalue weighted by atomic mass is 9.92. The van der Waals surface area contributed by atoms with E-state index >= 15 is 0 Å². The fraction of sp³-hybridized carbons (Fsp3) is 0.296. The number of piperidine rings is 1. The first-order chi connectivity index (χ1) is 17.7. The smallest absolute Gasteiger partial charge is 0.340 e. The van der Waals surface area contributed by atoms with Gasteiger partial charge in [0, 0.05) is 66.7 Å². The average molecular weight is 507 g/mol. The third kappa shape index (κ3) is 5.37. The van der Waals surface area contributed by atoms with Crippen LogP contribution in [0.25, 0.3) is 22.0 Å². The van der Waals surface area contributed by atoms with Crippen LogP contribution < -0.4 is 5.32 Å². The van der Waals surface area contributed by atoms with Crippen molar-refractivity contribution in [2.24, 2.45) is 0 Å². The molecule has 0 unspecified atom stereocenters. The van der Waals surface area contributed by atoms with Crippen molar-refractivity contribution in [2.45, 2.75) is 44.8 Å². The topological polar surface area (TPSA) is 83.9 Å². The number of fused-ring (bicyclic) bond motifs is 1. The number of carbonyl (C=O) groups is 1. The Balaban J connectivity index is 1.52. The maximum atomic E-state index is 13.2. The van der Waals surface area contributed by atoms with E-state index in [-0.39, 0.29) is 17.9 Å². The zero-order chi connectivity index (χ0) is 26.2. The van der Waals surface area contributed by atoms with E-state index in [1.165, 1.54) is 6.20 Å². The fourth-order valence-corrected chi connectivity index (χ4v) is 4.65. The van der Waals surface area contributed by atoms with Gasteiger partial charge in [-0.1, -0.05) is 6.07 Å². The predicted octanol–water partition coefficient (Wildman–Crippen LogP) is 5.96. The second-order valence-electron chi connectivity index (χ2n) is 9.29. The van der Waals surface area contributed by atoms with Crippen LogP contribution >= 0.6 is 0 Å². The number of nitrogens with one attached hydrogen (secondary N) is 1. The number of anilines is 2. The van der Waals surface area contributed by atoms with E-state index in [2.05, 4.69) is 15.3 Å². The normalized spacial score (nSPS) is 18.1. The van der Waals surface area contributed by atoms with Gasteiger partial charge in [-0.2, -0.15) is 13.2 Å². The van der Waals surface area contributed by atoms with Gasteiger partial charge in [0.25, 0.3) is 0 Å². The van der Waals surface area contributed by atoms with Crippen LogP contribution in [0.2, 0.25) is 0 Å². The Kier molecular flexibility index (Phi) is 6.49. The van der Waals surface area contributed by atoms with Crippen molar-refractivity contribution in [2.75, 3.05) is 11.9 Å². The van der Waals surface area contributed by atoms with Gasteiger partial charge in [0.05, 0.1) is 5.69 Å². The summed E-state index contributed by atoms with van der Waals surface area (Å²) in [5, 5.41) is 4.24. The molecule has 1 fully saturated rings. The van der Waals surface area contributed by atoms with Gasteiger partial charge < -0.3 is 10.2 Å². The summed E-state index contributed by atoms with van der Waals surface area (Å²) in [5.41, 5.74) is 1.11. The Labute approximate surface area is 211 Å². The van der Waals surface area contributed by atoms with Crippen LogP contribution in [0, 0.1) is 0 Å². The van der Waals surface area contributed by atoms with Crippen LogP contribution in [0.5, 0.6) is 0 Å². The highest BCUT2D eigenvalue weighted by Crippen LogP contribution is 2.33. The fourth-order valence-electron chi connectivity index (χ4n) is 4.65. The number of hydrogen-bond acceptors (Lipinski definition) is 6. The first-order valence-corrected chi connectivity index (χ1v) is 12.0. The van der Waals surface area contributed by atoms with Crippen LogP contribution in [0.15, 0.2) is 61.1 Å². The number of aromatic nitrogens is 4. The quantitative estimate of drug-likeness (QED) is 0.368. The molecule has 5 rings (SSSR count). The molecule has 1 saturated heterocycles. The van der Waals surface area contributed by atoms with Gasteiger partial charge in [-0.15, -0.1) is 0 Å². The number of carbonyl (C=O) groups excluding carboxylic acids is 1. The second-order valence-corrected chi connectivity index (χ2v) is 9.29. The van der Waals surface area contributed by atoms with Crippen LogP contribution in [0.3, 0.4) is 0 Å². The van der Waals surface area contributed by atoms with E-state index in [0.29, 0.717) is 40.3 Å². The van der Waals surface area contributed by atoms with Crippen molar-refractivity contribution in [3.8, 4) is 11.3 Å².